The van der Waals surface area contributed by atoms with Crippen LogP contribution < -0.4 is 14.8 Å². The van der Waals surface area contributed by atoms with Crippen molar-refractivity contribution in [2.75, 3.05) is 33.4 Å². The molecule has 1 atom stereocenters. The summed E-state index contributed by atoms with van der Waals surface area (Å²) < 4.78 is 16.1. The number of amides is 1. The highest BCUT2D eigenvalue weighted by Gasteiger charge is 2.41. The minimum Gasteiger partial charge on any atom is -0.504 e. The van der Waals surface area contributed by atoms with Gasteiger partial charge >= 0.3 is 6.09 Å². The Labute approximate surface area is 200 Å². The monoisotopic (exact) mass is 467 g/mol. The fraction of sp³-hybridized carbons (Fsp3) is 0.462. The van der Waals surface area contributed by atoms with Gasteiger partial charge in [0.25, 0.3) is 0 Å². The number of aromatic hydroxyl groups is 1. The van der Waals surface area contributed by atoms with Crippen LogP contribution in [0.5, 0.6) is 17.2 Å². The summed E-state index contributed by atoms with van der Waals surface area (Å²) in [6, 6.07) is 13.3. The summed E-state index contributed by atoms with van der Waals surface area (Å²) in [6.07, 6.45) is 1.62. The first-order valence-electron chi connectivity index (χ1n) is 11.9. The predicted molar refractivity (Wildman–Crippen MR) is 130 cm³/mol. The minimum absolute atomic E-state index is 0.150. The predicted octanol–water partition coefficient (Wildman–Crippen LogP) is 4.27. The van der Waals surface area contributed by atoms with Gasteiger partial charge in [-0.2, -0.15) is 0 Å². The molecule has 4 rings (SSSR count). The van der Waals surface area contributed by atoms with E-state index in [2.05, 4.69) is 5.32 Å². The van der Waals surface area contributed by atoms with Crippen LogP contribution in [0, 0.1) is 0 Å². The number of carbonyl (C=O) groups is 1. The Hall–Kier alpha value is -3.26. The van der Waals surface area contributed by atoms with Gasteiger partial charge in [-0.05, 0) is 49.7 Å². The lowest BCUT2D eigenvalue weighted by Gasteiger charge is -2.45. The van der Waals surface area contributed by atoms with Crippen LogP contribution in [0.1, 0.15) is 50.3 Å². The number of phenols is 1. The molecule has 2 aromatic rings. The first-order chi connectivity index (χ1) is 16.5. The van der Waals surface area contributed by atoms with E-state index in [4.69, 9.17) is 19.2 Å². The van der Waals surface area contributed by atoms with Gasteiger partial charge in [-0.15, -0.1) is 0 Å². The number of hydrogen-bond acceptors (Lipinski definition) is 7. The number of ether oxygens (including phenoxy) is 3. The zero-order valence-electron chi connectivity index (χ0n) is 20.0. The maximum Gasteiger partial charge on any atom is 0.409 e. The number of hydrogen-bond donors (Lipinski definition) is 2. The molecule has 1 spiro atoms. The Morgan fingerprint density at radius 1 is 1.15 bits per heavy atom. The Morgan fingerprint density at radius 3 is 2.53 bits per heavy atom. The maximum atomic E-state index is 12.2. The summed E-state index contributed by atoms with van der Waals surface area (Å²) in [4.78, 5) is 19.1. The molecule has 8 nitrogen and oxygen atoms in total. The minimum atomic E-state index is -0.546. The number of nitrogens with zero attached hydrogens (tertiary/aromatic N) is 2. The molecular weight excluding hydrogens is 434 g/mol. The molecule has 2 heterocycles. The maximum absolute atomic E-state index is 12.2. The smallest absolute Gasteiger partial charge is 0.409 e. The van der Waals surface area contributed by atoms with Crippen LogP contribution in [0.2, 0.25) is 0 Å². The zero-order valence-corrected chi connectivity index (χ0v) is 20.0. The van der Waals surface area contributed by atoms with E-state index in [-0.39, 0.29) is 17.9 Å². The highest BCUT2D eigenvalue weighted by Crippen LogP contribution is 2.40. The van der Waals surface area contributed by atoms with Crippen molar-refractivity contribution < 1.29 is 24.1 Å². The van der Waals surface area contributed by atoms with E-state index in [0.717, 1.165) is 22.6 Å². The number of para-hydroxylation sites is 1. The summed E-state index contributed by atoms with van der Waals surface area (Å²) in [5, 5.41) is 14.7. The molecule has 2 aliphatic heterocycles. The van der Waals surface area contributed by atoms with E-state index in [1.54, 1.807) is 18.1 Å². The Bertz CT molecular complexity index is 1030. The van der Waals surface area contributed by atoms with Gasteiger partial charge in [0.15, 0.2) is 11.5 Å². The number of likely N-dealkylation sites (tertiary alicyclic amines) is 1. The molecule has 182 valence electrons. The summed E-state index contributed by atoms with van der Waals surface area (Å²) in [7, 11) is 1.65. The number of methoxy groups -OCH3 is 1. The Kier molecular flexibility index (Phi) is 7.26. The van der Waals surface area contributed by atoms with E-state index < -0.39 is 5.66 Å². The first-order valence-corrected chi connectivity index (χ1v) is 11.9. The Balaban J connectivity index is 1.66. The topological polar surface area (TPSA) is 92.6 Å². The van der Waals surface area contributed by atoms with Crippen LogP contribution in [0.15, 0.2) is 47.5 Å². The van der Waals surface area contributed by atoms with Gasteiger partial charge in [-0.25, -0.2) is 4.79 Å². The normalized spacial score (nSPS) is 19.4. The first kappa shape index (κ1) is 23.9. The van der Waals surface area contributed by atoms with Crippen molar-refractivity contribution in [3.63, 3.8) is 0 Å². The van der Waals surface area contributed by atoms with Gasteiger partial charge in [0.1, 0.15) is 11.4 Å². The van der Waals surface area contributed by atoms with Crippen molar-refractivity contribution in [1.29, 1.82) is 0 Å². The molecule has 34 heavy (non-hydrogen) atoms. The second-order valence-corrected chi connectivity index (χ2v) is 8.53. The van der Waals surface area contributed by atoms with E-state index >= 15 is 0 Å². The molecule has 0 bridgehead atoms. The lowest BCUT2D eigenvalue weighted by atomic mass is 9.87. The third-order valence-electron chi connectivity index (χ3n) is 6.43. The van der Waals surface area contributed by atoms with Crippen molar-refractivity contribution in [2.24, 2.45) is 4.99 Å². The van der Waals surface area contributed by atoms with Gasteiger partial charge in [-0.1, -0.05) is 12.1 Å². The summed E-state index contributed by atoms with van der Waals surface area (Å²) in [5.41, 5.74) is 2.20. The van der Waals surface area contributed by atoms with Crippen molar-refractivity contribution in [3.05, 3.63) is 53.6 Å². The number of nitrogens with one attached hydrogen (secondary N) is 1. The SMILES string of the molecule is CCOC(=O)N1CCC2(CC1)N=C(c1ccc(OC)cc1)C[C@@H](c1cccc(OCC)c1O)N2. The van der Waals surface area contributed by atoms with E-state index in [1.165, 1.54) is 0 Å². The van der Waals surface area contributed by atoms with Crippen molar-refractivity contribution in [1.82, 2.24) is 10.2 Å². The quantitative estimate of drug-likeness (QED) is 0.659. The standard InChI is InChI=1S/C26H33N3O5/c1-4-33-23-8-6-7-20(24(23)30)22-17-21(18-9-11-19(32-3)12-10-18)27-26(28-22)13-15-29(16-14-26)25(31)34-5-2/h6-12,22,28,30H,4-5,13-17H2,1-3H3/t22-/m0/s1. The van der Waals surface area contributed by atoms with Crippen molar-refractivity contribution in [3.8, 4) is 17.2 Å². The molecule has 2 N–H and O–H groups in total. The van der Waals surface area contributed by atoms with Gasteiger partial charge in [0, 0.05) is 49.7 Å². The van der Waals surface area contributed by atoms with Gasteiger partial charge in [0.05, 0.1) is 20.3 Å². The fourth-order valence-corrected chi connectivity index (χ4v) is 4.68. The van der Waals surface area contributed by atoms with Crippen LogP contribution in [-0.2, 0) is 4.74 Å². The number of piperidine rings is 1. The molecule has 0 aromatic heterocycles. The highest BCUT2D eigenvalue weighted by atomic mass is 16.6. The number of aliphatic imine (C=N–C) groups is 1. The van der Waals surface area contributed by atoms with E-state index in [9.17, 15) is 9.90 Å². The van der Waals surface area contributed by atoms with E-state index in [0.29, 0.717) is 51.3 Å². The van der Waals surface area contributed by atoms with Gasteiger partial charge < -0.3 is 24.2 Å². The average Bonchev–Trinajstić information content (AvgIpc) is 2.86. The number of rotatable bonds is 6. The molecule has 0 radical (unpaired) electrons. The summed E-state index contributed by atoms with van der Waals surface area (Å²) in [5.74, 6) is 1.41. The molecule has 2 aromatic carbocycles. The van der Waals surface area contributed by atoms with Crippen LogP contribution in [0.4, 0.5) is 4.79 Å². The van der Waals surface area contributed by atoms with Crippen molar-refractivity contribution >= 4 is 11.8 Å². The molecule has 0 unspecified atom stereocenters. The molecule has 1 fully saturated rings. The van der Waals surface area contributed by atoms with Gasteiger partial charge in [0.2, 0.25) is 0 Å². The number of phenolic OH excluding ortho intramolecular Hbond substituents is 1. The van der Waals surface area contributed by atoms with Crippen LogP contribution >= 0.6 is 0 Å². The van der Waals surface area contributed by atoms with E-state index in [1.807, 2.05) is 50.2 Å². The molecule has 0 saturated carbocycles. The van der Waals surface area contributed by atoms with Crippen LogP contribution in [0.3, 0.4) is 0 Å². The third-order valence-corrected chi connectivity index (χ3v) is 6.43. The molecule has 8 heteroatoms. The lowest BCUT2D eigenvalue weighted by Crippen LogP contribution is -2.56. The zero-order chi connectivity index (χ0) is 24.1. The lowest BCUT2D eigenvalue weighted by molar-refractivity contribution is 0.0778. The van der Waals surface area contributed by atoms with Crippen LogP contribution in [0.25, 0.3) is 0 Å². The molecular formula is C26H33N3O5. The third kappa shape index (κ3) is 4.97. The van der Waals surface area contributed by atoms with Crippen molar-refractivity contribution in [2.45, 2.75) is 44.8 Å². The molecule has 0 aliphatic carbocycles. The summed E-state index contributed by atoms with van der Waals surface area (Å²) in [6.45, 7) is 5.62. The fourth-order valence-electron chi connectivity index (χ4n) is 4.68. The van der Waals surface area contributed by atoms with Gasteiger partial charge in [-0.3, -0.25) is 10.3 Å². The molecule has 1 amide bonds. The Morgan fingerprint density at radius 2 is 1.88 bits per heavy atom. The largest absolute Gasteiger partial charge is 0.504 e. The second kappa shape index (κ2) is 10.3. The molecule has 1 saturated heterocycles. The second-order valence-electron chi connectivity index (χ2n) is 8.53. The number of carbonyl (C=O) groups excluding carboxylic acids is 1. The average molecular weight is 468 g/mol. The van der Waals surface area contributed by atoms with Crippen LogP contribution in [-0.4, -0.2) is 60.9 Å². The molecule has 2 aliphatic rings. The highest BCUT2D eigenvalue weighted by molar-refractivity contribution is 6.02. The number of benzene rings is 2. The summed E-state index contributed by atoms with van der Waals surface area (Å²) >= 11 is 0.